The summed E-state index contributed by atoms with van der Waals surface area (Å²) in [6, 6.07) is 11.8. The highest BCUT2D eigenvalue weighted by Gasteiger charge is 2.28. The predicted octanol–water partition coefficient (Wildman–Crippen LogP) is 4.43. The van der Waals surface area contributed by atoms with Gasteiger partial charge in [0.1, 0.15) is 0 Å². The number of aryl methyl sites for hydroxylation is 1. The molecule has 144 valence electrons. The van der Waals surface area contributed by atoms with E-state index in [1.54, 1.807) is 12.1 Å². The molecule has 0 saturated carbocycles. The third-order valence-corrected chi connectivity index (χ3v) is 7.44. The van der Waals surface area contributed by atoms with E-state index in [1.807, 2.05) is 25.1 Å². The first-order valence-corrected chi connectivity index (χ1v) is 11.2. The van der Waals surface area contributed by atoms with Gasteiger partial charge in [-0.25, -0.2) is 8.42 Å². The van der Waals surface area contributed by atoms with Crippen LogP contribution in [0.4, 0.5) is 5.69 Å². The van der Waals surface area contributed by atoms with Gasteiger partial charge in [0.05, 0.1) is 10.6 Å². The molecule has 0 radical (unpaired) electrons. The van der Waals surface area contributed by atoms with Crippen LogP contribution in [0.25, 0.3) is 0 Å². The van der Waals surface area contributed by atoms with E-state index < -0.39 is 10.0 Å². The van der Waals surface area contributed by atoms with E-state index in [9.17, 15) is 13.2 Å². The highest BCUT2D eigenvalue weighted by Crippen LogP contribution is 2.25. The Labute approximate surface area is 169 Å². The summed E-state index contributed by atoms with van der Waals surface area (Å²) in [4.78, 5) is 12.7. The Morgan fingerprint density at radius 1 is 1.11 bits per heavy atom. The Bertz CT molecular complexity index is 934. The molecular formula is C20H23BrN2O3S. The molecule has 1 aliphatic rings. The summed E-state index contributed by atoms with van der Waals surface area (Å²) in [5.41, 5.74) is 2.17. The molecule has 1 heterocycles. The van der Waals surface area contributed by atoms with Crippen LogP contribution in [0.2, 0.25) is 0 Å². The molecule has 0 bridgehead atoms. The fourth-order valence-electron chi connectivity index (χ4n) is 3.07. The van der Waals surface area contributed by atoms with Crippen molar-refractivity contribution in [2.24, 2.45) is 5.92 Å². The average Bonchev–Trinajstić information content (AvgIpc) is 2.64. The Balaban J connectivity index is 1.73. The minimum Gasteiger partial charge on any atom is -0.321 e. The Morgan fingerprint density at radius 2 is 1.74 bits per heavy atom. The highest BCUT2D eigenvalue weighted by atomic mass is 79.9. The number of carbonyl (C=O) groups is 1. The summed E-state index contributed by atoms with van der Waals surface area (Å²) in [7, 11) is -3.50. The SMILES string of the molecule is Cc1ccc(NC(=O)c2ccc(S(=O)(=O)N3CCC(C)CC3)cc2)c(Br)c1. The number of anilines is 1. The van der Waals surface area contributed by atoms with Crippen molar-refractivity contribution in [3.05, 3.63) is 58.1 Å². The van der Waals surface area contributed by atoms with Crippen molar-refractivity contribution in [1.82, 2.24) is 4.31 Å². The second-order valence-corrected chi connectivity index (χ2v) is 9.84. The van der Waals surface area contributed by atoms with Crippen LogP contribution < -0.4 is 5.32 Å². The van der Waals surface area contributed by atoms with Gasteiger partial charge in [0.2, 0.25) is 10.0 Å². The minimum absolute atomic E-state index is 0.227. The van der Waals surface area contributed by atoms with Crippen molar-refractivity contribution in [1.29, 1.82) is 0 Å². The van der Waals surface area contributed by atoms with Crippen LogP contribution in [0, 0.1) is 12.8 Å². The number of carbonyl (C=O) groups excluding carboxylic acids is 1. The predicted molar refractivity (Wildman–Crippen MR) is 110 cm³/mol. The molecule has 0 atom stereocenters. The van der Waals surface area contributed by atoms with E-state index in [0.29, 0.717) is 30.3 Å². The third kappa shape index (κ3) is 4.59. The number of halogens is 1. The summed E-state index contributed by atoms with van der Waals surface area (Å²) < 4.78 is 27.9. The number of rotatable bonds is 4. The fourth-order valence-corrected chi connectivity index (χ4v) is 5.13. The van der Waals surface area contributed by atoms with Gasteiger partial charge in [0.15, 0.2) is 0 Å². The van der Waals surface area contributed by atoms with Crippen LogP contribution in [-0.2, 0) is 10.0 Å². The molecular weight excluding hydrogens is 428 g/mol. The number of sulfonamides is 1. The number of benzene rings is 2. The summed E-state index contributed by atoms with van der Waals surface area (Å²) in [5.74, 6) is 0.277. The molecule has 27 heavy (non-hydrogen) atoms. The first kappa shape index (κ1) is 20.0. The number of hydrogen-bond acceptors (Lipinski definition) is 3. The van der Waals surface area contributed by atoms with Gasteiger partial charge in [-0.05, 0) is 83.6 Å². The lowest BCUT2D eigenvalue weighted by atomic mass is 10.0. The van der Waals surface area contributed by atoms with Crippen LogP contribution >= 0.6 is 15.9 Å². The lowest BCUT2D eigenvalue weighted by Crippen LogP contribution is -2.37. The van der Waals surface area contributed by atoms with E-state index in [-0.39, 0.29) is 10.8 Å². The molecule has 2 aromatic carbocycles. The van der Waals surface area contributed by atoms with E-state index in [0.717, 1.165) is 22.9 Å². The fraction of sp³-hybridized carbons (Fsp3) is 0.350. The zero-order chi connectivity index (χ0) is 19.6. The molecule has 1 aliphatic heterocycles. The molecule has 0 spiro atoms. The average molecular weight is 451 g/mol. The molecule has 7 heteroatoms. The molecule has 0 aromatic heterocycles. The molecule has 1 amide bonds. The van der Waals surface area contributed by atoms with Gasteiger partial charge in [-0.1, -0.05) is 13.0 Å². The van der Waals surface area contributed by atoms with Crippen molar-refractivity contribution in [3.63, 3.8) is 0 Å². The lowest BCUT2D eigenvalue weighted by molar-refractivity contribution is 0.102. The number of piperidine rings is 1. The van der Waals surface area contributed by atoms with Crippen molar-refractivity contribution in [3.8, 4) is 0 Å². The van der Waals surface area contributed by atoms with Gasteiger partial charge >= 0.3 is 0 Å². The van der Waals surface area contributed by atoms with E-state index >= 15 is 0 Å². The summed E-state index contributed by atoms with van der Waals surface area (Å²) in [6.45, 7) is 5.21. The quantitative estimate of drug-likeness (QED) is 0.748. The van der Waals surface area contributed by atoms with Crippen molar-refractivity contribution in [2.45, 2.75) is 31.6 Å². The van der Waals surface area contributed by atoms with Gasteiger partial charge in [-0.3, -0.25) is 4.79 Å². The van der Waals surface area contributed by atoms with Crippen LogP contribution in [0.3, 0.4) is 0 Å². The van der Waals surface area contributed by atoms with E-state index in [4.69, 9.17) is 0 Å². The maximum atomic E-state index is 12.8. The van der Waals surface area contributed by atoms with E-state index in [1.165, 1.54) is 16.4 Å². The summed E-state index contributed by atoms with van der Waals surface area (Å²) in [6.07, 6.45) is 1.76. The number of nitrogens with one attached hydrogen (secondary N) is 1. The van der Waals surface area contributed by atoms with Crippen molar-refractivity contribution in [2.75, 3.05) is 18.4 Å². The van der Waals surface area contributed by atoms with E-state index in [2.05, 4.69) is 28.2 Å². The van der Waals surface area contributed by atoms with Gasteiger partial charge in [-0.2, -0.15) is 4.31 Å². The van der Waals surface area contributed by atoms with Gasteiger partial charge in [-0.15, -0.1) is 0 Å². The van der Waals surface area contributed by atoms with Crippen molar-refractivity contribution < 1.29 is 13.2 Å². The smallest absolute Gasteiger partial charge is 0.255 e. The van der Waals surface area contributed by atoms with Crippen molar-refractivity contribution >= 4 is 37.5 Å². The number of hydrogen-bond donors (Lipinski definition) is 1. The number of amides is 1. The highest BCUT2D eigenvalue weighted by molar-refractivity contribution is 9.10. The summed E-state index contributed by atoms with van der Waals surface area (Å²) in [5, 5.41) is 2.83. The van der Waals surface area contributed by atoms with Gasteiger partial charge in [0.25, 0.3) is 5.91 Å². The van der Waals surface area contributed by atoms with Gasteiger partial charge < -0.3 is 5.32 Å². The second-order valence-electron chi connectivity index (χ2n) is 7.05. The van der Waals surface area contributed by atoms with Crippen LogP contribution in [0.1, 0.15) is 35.7 Å². The minimum atomic E-state index is -3.50. The molecule has 3 rings (SSSR count). The molecule has 2 aromatic rings. The first-order chi connectivity index (χ1) is 12.8. The monoisotopic (exact) mass is 450 g/mol. The van der Waals surface area contributed by atoms with Crippen LogP contribution in [0.15, 0.2) is 51.8 Å². The van der Waals surface area contributed by atoms with Gasteiger partial charge in [0, 0.05) is 23.1 Å². The second kappa shape index (κ2) is 8.12. The molecule has 1 fully saturated rings. The Morgan fingerprint density at radius 3 is 2.33 bits per heavy atom. The summed E-state index contributed by atoms with van der Waals surface area (Å²) >= 11 is 3.43. The zero-order valence-electron chi connectivity index (χ0n) is 15.4. The lowest BCUT2D eigenvalue weighted by Gasteiger charge is -2.29. The van der Waals surface area contributed by atoms with Crippen LogP contribution in [-0.4, -0.2) is 31.7 Å². The first-order valence-electron chi connectivity index (χ1n) is 8.95. The molecule has 1 N–H and O–H groups in total. The topological polar surface area (TPSA) is 66.5 Å². The maximum Gasteiger partial charge on any atom is 0.255 e. The Hall–Kier alpha value is -1.70. The third-order valence-electron chi connectivity index (χ3n) is 4.87. The largest absolute Gasteiger partial charge is 0.321 e. The maximum absolute atomic E-state index is 12.8. The molecule has 5 nitrogen and oxygen atoms in total. The zero-order valence-corrected chi connectivity index (χ0v) is 17.8. The normalized spacial score (nSPS) is 16.3. The molecule has 0 aliphatic carbocycles. The molecule has 0 unspecified atom stereocenters. The molecule has 1 saturated heterocycles. The Kier molecular flexibility index (Phi) is 6.03. The van der Waals surface area contributed by atoms with Crippen LogP contribution in [0.5, 0.6) is 0 Å². The standard InChI is InChI=1S/C20H23BrN2O3S/c1-14-9-11-23(12-10-14)27(25,26)17-6-4-16(5-7-17)20(24)22-19-8-3-15(2)13-18(19)21/h3-8,13-14H,9-12H2,1-2H3,(H,22,24). The number of nitrogens with zero attached hydrogens (tertiary/aromatic N) is 1.